The van der Waals surface area contributed by atoms with Crippen LogP contribution in [-0.2, 0) is 20.9 Å². The van der Waals surface area contributed by atoms with Crippen molar-refractivity contribution in [2.45, 2.75) is 33.4 Å². The Kier molecular flexibility index (Phi) is 4.65. The SMILES string of the molecule is COC(=O)c1c(CN2C(=O)C(=O)N(C(C)C)C2=O)nc2ccccc2c1C. The fourth-order valence-electron chi connectivity index (χ4n) is 3.19. The minimum Gasteiger partial charge on any atom is -0.465 e. The predicted molar refractivity (Wildman–Crippen MR) is 95.7 cm³/mol. The number of para-hydroxylation sites is 1. The zero-order chi connectivity index (χ0) is 19.9. The summed E-state index contributed by atoms with van der Waals surface area (Å²) in [5, 5.41) is 0.764. The van der Waals surface area contributed by atoms with Gasteiger partial charge in [0.05, 0.1) is 30.4 Å². The van der Waals surface area contributed by atoms with Crippen LogP contribution in [0.1, 0.15) is 35.5 Å². The van der Waals surface area contributed by atoms with E-state index in [0.717, 1.165) is 15.2 Å². The van der Waals surface area contributed by atoms with Gasteiger partial charge in [0.15, 0.2) is 0 Å². The van der Waals surface area contributed by atoms with Crippen LogP contribution < -0.4 is 0 Å². The third kappa shape index (κ3) is 2.92. The van der Waals surface area contributed by atoms with Gasteiger partial charge >= 0.3 is 23.8 Å². The number of nitrogens with zero attached hydrogens (tertiary/aromatic N) is 3. The van der Waals surface area contributed by atoms with E-state index in [9.17, 15) is 19.2 Å². The lowest BCUT2D eigenvalue weighted by Crippen LogP contribution is -2.38. The van der Waals surface area contributed by atoms with Crippen LogP contribution in [0.4, 0.5) is 4.79 Å². The quantitative estimate of drug-likeness (QED) is 0.465. The van der Waals surface area contributed by atoms with E-state index >= 15 is 0 Å². The minimum atomic E-state index is -0.933. The number of esters is 1. The number of fused-ring (bicyclic) bond motifs is 1. The number of carbonyl (C=O) groups excluding carboxylic acids is 4. The lowest BCUT2D eigenvalue weighted by atomic mass is 10.0. The number of ether oxygens (including phenoxy) is 1. The summed E-state index contributed by atoms with van der Waals surface area (Å²) >= 11 is 0. The molecule has 140 valence electrons. The van der Waals surface area contributed by atoms with Crippen molar-refractivity contribution < 1.29 is 23.9 Å². The van der Waals surface area contributed by atoms with Crippen LogP contribution in [0.2, 0.25) is 0 Å². The number of rotatable bonds is 4. The standard InChI is InChI=1S/C19H19N3O5/c1-10(2)22-17(24)16(23)21(19(22)26)9-14-15(18(25)27-4)11(3)12-7-5-6-8-13(12)20-14/h5-8,10H,9H2,1-4H3. The highest BCUT2D eigenvalue weighted by atomic mass is 16.5. The van der Waals surface area contributed by atoms with Gasteiger partial charge in [0.25, 0.3) is 0 Å². The Bertz CT molecular complexity index is 983. The summed E-state index contributed by atoms with van der Waals surface area (Å²) in [4.78, 5) is 55.5. The maximum absolute atomic E-state index is 12.5. The van der Waals surface area contributed by atoms with E-state index in [0.29, 0.717) is 11.1 Å². The Morgan fingerprint density at radius 3 is 2.41 bits per heavy atom. The molecule has 1 aliphatic heterocycles. The van der Waals surface area contributed by atoms with Crippen LogP contribution >= 0.6 is 0 Å². The van der Waals surface area contributed by atoms with Crippen LogP contribution in [0.25, 0.3) is 10.9 Å². The number of methoxy groups -OCH3 is 1. The molecule has 0 aliphatic carbocycles. The highest BCUT2D eigenvalue weighted by molar-refractivity contribution is 6.44. The lowest BCUT2D eigenvalue weighted by Gasteiger charge is -2.19. The van der Waals surface area contributed by atoms with Crippen LogP contribution in [-0.4, -0.2) is 51.8 Å². The largest absolute Gasteiger partial charge is 0.465 e. The van der Waals surface area contributed by atoms with E-state index in [1.807, 2.05) is 12.1 Å². The number of carbonyl (C=O) groups is 4. The molecule has 3 rings (SSSR count). The number of hydrogen-bond donors (Lipinski definition) is 0. The van der Waals surface area contributed by atoms with Crippen LogP contribution in [0.3, 0.4) is 0 Å². The second kappa shape index (κ2) is 6.79. The van der Waals surface area contributed by atoms with Gasteiger partial charge < -0.3 is 4.74 Å². The molecular formula is C19H19N3O5. The molecule has 1 aromatic heterocycles. The molecule has 1 fully saturated rings. The molecule has 8 nitrogen and oxygen atoms in total. The Morgan fingerprint density at radius 2 is 1.81 bits per heavy atom. The molecule has 0 radical (unpaired) electrons. The van der Waals surface area contributed by atoms with Gasteiger partial charge in [0.1, 0.15) is 0 Å². The Morgan fingerprint density at radius 1 is 1.15 bits per heavy atom. The van der Waals surface area contributed by atoms with E-state index < -0.39 is 29.9 Å². The summed E-state index contributed by atoms with van der Waals surface area (Å²) in [7, 11) is 1.25. The molecule has 4 amide bonds. The fourth-order valence-corrected chi connectivity index (χ4v) is 3.19. The zero-order valence-corrected chi connectivity index (χ0v) is 15.5. The molecule has 1 aromatic carbocycles. The van der Waals surface area contributed by atoms with Gasteiger partial charge in [-0.25, -0.2) is 19.5 Å². The van der Waals surface area contributed by atoms with Crippen LogP contribution in [0.5, 0.6) is 0 Å². The summed E-state index contributed by atoms with van der Waals surface area (Å²) in [6, 6.07) is 6.04. The summed E-state index contributed by atoms with van der Waals surface area (Å²) in [5.74, 6) is -2.43. The molecule has 0 bridgehead atoms. The van der Waals surface area contributed by atoms with E-state index in [2.05, 4.69) is 4.98 Å². The number of urea groups is 1. The van der Waals surface area contributed by atoms with Crippen molar-refractivity contribution >= 4 is 34.7 Å². The third-order valence-corrected chi connectivity index (χ3v) is 4.52. The normalized spacial score (nSPS) is 14.6. The van der Waals surface area contributed by atoms with Crippen molar-refractivity contribution in [1.29, 1.82) is 0 Å². The highest BCUT2D eigenvalue weighted by Gasteiger charge is 2.46. The first kappa shape index (κ1) is 18.5. The molecule has 1 saturated heterocycles. The highest BCUT2D eigenvalue weighted by Crippen LogP contribution is 2.26. The van der Waals surface area contributed by atoms with Crippen molar-refractivity contribution in [2.75, 3.05) is 7.11 Å². The van der Waals surface area contributed by atoms with Crippen LogP contribution in [0.15, 0.2) is 24.3 Å². The zero-order valence-electron chi connectivity index (χ0n) is 15.5. The maximum Gasteiger partial charge on any atom is 0.340 e. The molecule has 8 heteroatoms. The first-order valence-corrected chi connectivity index (χ1v) is 8.43. The monoisotopic (exact) mass is 369 g/mol. The molecule has 1 aliphatic rings. The van der Waals surface area contributed by atoms with Crippen molar-refractivity contribution in [1.82, 2.24) is 14.8 Å². The number of imide groups is 2. The van der Waals surface area contributed by atoms with Crippen molar-refractivity contribution in [3.63, 3.8) is 0 Å². The van der Waals surface area contributed by atoms with E-state index in [1.165, 1.54) is 7.11 Å². The molecule has 0 saturated carbocycles. The third-order valence-electron chi connectivity index (χ3n) is 4.52. The maximum atomic E-state index is 12.5. The number of amides is 4. The van der Waals surface area contributed by atoms with Gasteiger partial charge in [-0.05, 0) is 32.4 Å². The van der Waals surface area contributed by atoms with Crippen molar-refractivity contribution in [3.8, 4) is 0 Å². The number of pyridine rings is 1. The number of hydrogen-bond acceptors (Lipinski definition) is 6. The van der Waals surface area contributed by atoms with Gasteiger partial charge in [-0.2, -0.15) is 0 Å². The fraction of sp³-hybridized carbons (Fsp3) is 0.316. The Balaban J connectivity index is 2.12. The van der Waals surface area contributed by atoms with Gasteiger partial charge in [-0.1, -0.05) is 18.2 Å². The minimum absolute atomic E-state index is 0.187. The molecule has 0 N–H and O–H groups in total. The molecular weight excluding hydrogens is 350 g/mol. The van der Waals surface area contributed by atoms with Crippen molar-refractivity contribution in [3.05, 3.63) is 41.1 Å². The van der Waals surface area contributed by atoms with E-state index in [4.69, 9.17) is 4.74 Å². The Labute approximate surface area is 155 Å². The molecule has 2 heterocycles. The smallest absolute Gasteiger partial charge is 0.340 e. The molecule has 2 aromatic rings. The van der Waals surface area contributed by atoms with Crippen molar-refractivity contribution in [2.24, 2.45) is 0 Å². The molecule has 0 atom stereocenters. The average molecular weight is 369 g/mol. The predicted octanol–water partition coefficient (Wildman–Crippen LogP) is 2.03. The average Bonchev–Trinajstić information content (AvgIpc) is 2.85. The summed E-state index contributed by atoms with van der Waals surface area (Å²) in [5.41, 5.74) is 1.64. The van der Waals surface area contributed by atoms with Gasteiger partial charge in [0, 0.05) is 11.4 Å². The van der Waals surface area contributed by atoms with E-state index in [-0.39, 0.29) is 17.8 Å². The van der Waals surface area contributed by atoms with Gasteiger partial charge in [-0.3, -0.25) is 14.5 Å². The van der Waals surface area contributed by atoms with Crippen LogP contribution in [0, 0.1) is 6.92 Å². The summed E-state index contributed by atoms with van der Waals surface area (Å²) in [6.45, 7) is 4.75. The summed E-state index contributed by atoms with van der Waals surface area (Å²) < 4.78 is 4.86. The molecule has 27 heavy (non-hydrogen) atoms. The lowest BCUT2D eigenvalue weighted by molar-refractivity contribution is -0.144. The topological polar surface area (TPSA) is 96.9 Å². The number of benzene rings is 1. The van der Waals surface area contributed by atoms with E-state index in [1.54, 1.807) is 32.9 Å². The number of aromatic nitrogens is 1. The van der Waals surface area contributed by atoms with Gasteiger partial charge in [-0.15, -0.1) is 0 Å². The molecule has 0 unspecified atom stereocenters. The first-order valence-electron chi connectivity index (χ1n) is 8.43. The second-order valence-corrected chi connectivity index (χ2v) is 6.51. The summed E-state index contributed by atoms with van der Waals surface area (Å²) in [6.07, 6.45) is 0. The molecule has 0 spiro atoms. The Hall–Kier alpha value is -3.29. The first-order chi connectivity index (χ1) is 12.8. The number of aryl methyl sites for hydroxylation is 1. The van der Waals surface area contributed by atoms with Gasteiger partial charge in [0.2, 0.25) is 0 Å². The second-order valence-electron chi connectivity index (χ2n) is 6.51.